The molecule has 1 atom stereocenters. The number of fused-ring (bicyclic) bond motifs is 1. The Hall–Kier alpha value is -2.40. The summed E-state index contributed by atoms with van der Waals surface area (Å²) in [5, 5.41) is 21.4. The molecule has 2 N–H and O–H groups in total. The molecule has 0 aromatic heterocycles. The predicted octanol–water partition coefficient (Wildman–Crippen LogP) is 2.15. The standard InChI is InChI=1S/C16H20N4O3S/c1-24-15(19-11-17)18-8-9-20(16(21)22)10-13-7-6-12-4-2-3-5-14(12)23-13/h2-5,13H,6-10H2,1H3,(H,18,19)(H,21,22). The van der Waals surface area contributed by atoms with Crippen LogP contribution in [0.4, 0.5) is 4.79 Å². The second-order valence-corrected chi connectivity index (χ2v) is 6.06. The molecular weight excluding hydrogens is 328 g/mol. The van der Waals surface area contributed by atoms with Gasteiger partial charge in [-0.05, 0) is 30.7 Å². The van der Waals surface area contributed by atoms with Crippen molar-refractivity contribution in [3.63, 3.8) is 0 Å². The zero-order chi connectivity index (χ0) is 17.4. The summed E-state index contributed by atoms with van der Waals surface area (Å²) >= 11 is 1.31. The van der Waals surface area contributed by atoms with Gasteiger partial charge in [0.1, 0.15) is 11.9 Å². The van der Waals surface area contributed by atoms with E-state index < -0.39 is 6.09 Å². The number of aryl methyl sites for hydroxylation is 1. The molecule has 0 radical (unpaired) electrons. The zero-order valence-corrected chi connectivity index (χ0v) is 14.3. The molecule has 2 rings (SSSR count). The number of hydrogen-bond donors (Lipinski definition) is 2. The molecule has 0 saturated carbocycles. The van der Waals surface area contributed by atoms with Gasteiger partial charge in [0.05, 0.1) is 6.54 Å². The van der Waals surface area contributed by atoms with Gasteiger partial charge in [-0.1, -0.05) is 30.0 Å². The summed E-state index contributed by atoms with van der Waals surface area (Å²) in [5.74, 6) is 0.836. The zero-order valence-electron chi connectivity index (χ0n) is 13.4. The first-order valence-corrected chi connectivity index (χ1v) is 8.83. The van der Waals surface area contributed by atoms with Gasteiger partial charge in [0.2, 0.25) is 6.19 Å². The average Bonchev–Trinajstić information content (AvgIpc) is 2.59. The number of nitrogens with one attached hydrogen (secondary N) is 1. The number of nitrogens with zero attached hydrogens (tertiary/aromatic N) is 3. The third-order valence-electron chi connectivity index (χ3n) is 3.70. The van der Waals surface area contributed by atoms with Gasteiger partial charge in [-0.2, -0.15) is 5.26 Å². The number of benzene rings is 1. The highest BCUT2D eigenvalue weighted by atomic mass is 32.2. The third kappa shape index (κ3) is 5.06. The van der Waals surface area contributed by atoms with Gasteiger partial charge in [0, 0.05) is 13.1 Å². The summed E-state index contributed by atoms with van der Waals surface area (Å²) in [5.41, 5.74) is 1.16. The van der Waals surface area contributed by atoms with E-state index in [1.54, 1.807) is 12.4 Å². The highest BCUT2D eigenvalue weighted by Gasteiger charge is 2.24. The second kappa shape index (κ2) is 9.03. The number of hydrogen-bond acceptors (Lipinski definition) is 5. The lowest BCUT2D eigenvalue weighted by atomic mass is 10.0. The van der Waals surface area contributed by atoms with E-state index in [2.05, 4.69) is 10.3 Å². The van der Waals surface area contributed by atoms with E-state index in [1.165, 1.54) is 16.7 Å². The number of aliphatic imine (C=N–C) groups is 1. The largest absolute Gasteiger partial charge is 0.488 e. The molecule has 0 fully saturated rings. The molecule has 0 bridgehead atoms. The van der Waals surface area contributed by atoms with Gasteiger partial charge in [-0.15, -0.1) is 4.99 Å². The molecule has 0 saturated heterocycles. The lowest BCUT2D eigenvalue weighted by Gasteiger charge is -2.30. The van der Waals surface area contributed by atoms with Crippen LogP contribution < -0.4 is 10.1 Å². The first-order chi connectivity index (χ1) is 11.6. The molecule has 1 aliphatic rings. The van der Waals surface area contributed by atoms with Gasteiger partial charge < -0.3 is 20.1 Å². The Kier molecular flexibility index (Phi) is 6.75. The van der Waals surface area contributed by atoms with Crippen molar-refractivity contribution in [1.29, 1.82) is 5.26 Å². The van der Waals surface area contributed by atoms with Crippen molar-refractivity contribution < 1.29 is 14.6 Å². The number of amides is 1. The second-order valence-electron chi connectivity index (χ2n) is 5.26. The summed E-state index contributed by atoms with van der Waals surface area (Å²) in [6.07, 6.45) is 4.05. The number of carbonyl (C=O) groups is 1. The Morgan fingerprint density at radius 1 is 1.58 bits per heavy atom. The first-order valence-electron chi connectivity index (χ1n) is 7.61. The fourth-order valence-corrected chi connectivity index (χ4v) is 2.90. The van der Waals surface area contributed by atoms with Crippen LogP contribution in [0.3, 0.4) is 0 Å². The molecule has 7 nitrogen and oxygen atoms in total. The van der Waals surface area contributed by atoms with Crippen LogP contribution in [-0.4, -0.2) is 53.3 Å². The van der Waals surface area contributed by atoms with Crippen LogP contribution in [0.2, 0.25) is 0 Å². The van der Waals surface area contributed by atoms with Crippen LogP contribution in [0, 0.1) is 11.5 Å². The molecule has 1 aromatic rings. The number of amidine groups is 1. The quantitative estimate of drug-likeness (QED) is 0.481. The van der Waals surface area contributed by atoms with E-state index >= 15 is 0 Å². The van der Waals surface area contributed by atoms with E-state index in [9.17, 15) is 9.90 Å². The van der Waals surface area contributed by atoms with E-state index in [0.717, 1.165) is 24.2 Å². The number of thioether (sulfide) groups is 1. The summed E-state index contributed by atoms with van der Waals surface area (Å²) in [4.78, 5) is 16.4. The number of rotatable bonds is 5. The Balaban J connectivity index is 1.87. The number of para-hydroxylation sites is 1. The lowest BCUT2D eigenvalue weighted by molar-refractivity contribution is 0.0990. The van der Waals surface area contributed by atoms with Crippen LogP contribution in [0.1, 0.15) is 12.0 Å². The van der Waals surface area contributed by atoms with Crippen LogP contribution in [0.5, 0.6) is 5.75 Å². The normalized spacial score (nSPS) is 16.5. The Bertz CT molecular complexity index is 644. The summed E-state index contributed by atoms with van der Waals surface area (Å²) < 4.78 is 5.90. The van der Waals surface area contributed by atoms with E-state index in [4.69, 9.17) is 10.00 Å². The minimum atomic E-state index is -0.984. The van der Waals surface area contributed by atoms with Crippen molar-refractivity contribution in [3.05, 3.63) is 29.8 Å². The van der Waals surface area contributed by atoms with Crippen LogP contribution in [0.15, 0.2) is 29.3 Å². The van der Waals surface area contributed by atoms with Gasteiger partial charge in [-0.3, -0.25) is 0 Å². The van der Waals surface area contributed by atoms with Gasteiger partial charge in [0.25, 0.3) is 0 Å². The van der Waals surface area contributed by atoms with E-state index in [-0.39, 0.29) is 6.10 Å². The molecule has 8 heteroatoms. The van der Waals surface area contributed by atoms with Gasteiger partial charge in [0.15, 0.2) is 5.17 Å². The number of carboxylic acid groups (broad SMARTS) is 1. The fraction of sp³-hybridized carbons (Fsp3) is 0.438. The average molecular weight is 348 g/mol. The fourth-order valence-electron chi connectivity index (χ4n) is 2.52. The lowest BCUT2D eigenvalue weighted by Crippen LogP contribution is -2.43. The topological polar surface area (TPSA) is 98.0 Å². The Labute approximate surface area is 145 Å². The van der Waals surface area contributed by atoms with Crippen LogP contribution in [0.25, 0.3) is 0 Å². The molecular formula is C16H20N4O3S. The highest BCUT2D eigenvalue weighted by Crippen LogP contribution is 2.27. The van der Waals surface area contributed by atoms with Crippen molar-refractivity contribution in [2.75, 3.05) is 25.9 Å². The SMILES string of the molecule is CS/C(=N\C#N)NCCN(CC1CCc2ccccc2O1)C(=O)O. The van der Waals surface area contributed by atoms with Gasteiger partial charge in [-0.25, -0.2) is 4.79 Å². The van der Waals surface area contributed by atoms with Crippen molar-refractivity contribution in [2.45, 2.75) is 18.9 Å². The maximum atomic E-state index is 11.4. The maximum absolute atomic E-state index is 11.4. The molecule has 1 unspecified atom stereocenters. The molecule has 1 aromatic carbocycles. The van der Waals surface area contributed by atoms with E-state index in [0.29, 0.717) is 24.8 Å². The van der Waals surface area contributed by atoms with Crippen molar-refractivity contribution >= 4 is 23.0 Å². The smallest absolute Gasteiger partial charge is 0.407 e. The third-order valence-corrected chi connectivity index (χ3v) is 4.32. The molecule has 1 heterocycles. The molecule has 24 heavy (non-hydrogen) atoms. The van der Waals surface area contributed by atoms with E-state index in [1.807, 2.05) is 24.3 Å². The minimum absolute atomic E-state index is 0.149. The minimum Gasteiger partial charge on any atom is -0.488 e. The van der Waals surface area contributed by atoms with Crippen LogP contribution in [-0.2, 0) is 6.42 Å². The van der Waals surface area contributed by atoms with Gasteiger partial charge >= 0.3 is 6.09 Å². The Morgan fingerprint density at radius 2 is 2.38 bits per heavy atom. The predicted molar refractivity (Wildman–Crippen MR) is 93.3 cm³/mol. The molecule has 128 valence electrons. The Morgan fingerprint density at radius 3 is 3.08 bits per heavy atom. The van der Waals surface area contributed by atoms with Crippen molar-refractivity contribution in [3.8, 4) is 11.9 Å². The molecule has 0 aliphatic carbocycles. The van der Waals surface area contributed by atoms with Crippen molar-refractivity contribution in [2.24, 2.45) is 4.99 Å². The monoisotopic (exact) mass is 348 g/mol. The number of nitriles is 1. The molecule has 1 amide bonds. The maximum Gasteiger partial charge on any atom is 0.407 e. The van der Waals surface area contributed by atoms with Crippen LogP contribution >= 0.6 is 11.8 Å². The molecule has 1 aliphatic heterocycles. The summed E-state index contributed by atoms with van der Waals surface area (Å²) in [6, 6.07) is 7.84. The number of ether oxygens (including phenoxy) is 1. The molecule has 0 spiro atoms. The highest BCUT2D eigenvalue weighted by molar-refractivity contribution is 8.13. The van der Waals surface area contributed by atoms with Crippen molar-refractivity contribution in [1.82, 2.24) is 10.2 Å². The summed E-state index contributed by atoms with van der Waals surface area (Å²) in [7, 11) is 0. The summed E-state index contributed by atoms with van der Waals surface area (Å²) in [6.45, 7) is 0.994. The first kappa shape index (κ1) is 17.9.